The number of para-hydroxylation sites is 1. The number of methoxy groups -OCH3 is 3. The molecule has 7 heteroatoms. The fraction of sp³-hybridized carbons (Fsp3) is 0.154. The summed E-state index contributed by atoms with van der Waals surface area (Å²) >= 11 is 0. The van der Waals surface area contributed by atoms with Crippen LogP contribution in [-0.4, -0.2) is 27.3 Å². The van der Waals surface area contributed by atoms with E-state index < -0.39 is 11.6 Å². The third-order valence-electron chi connectivity index (χ3n) is 5.35. The van der Waals surface area contributed by atoms with Crippen molar-refractivity contribution in [2.45, 2.75) is 6.92 Å². The van der Waals surface area contributed by atoms with Crippen LogP contribution in [0, 0.1) is 6.92 Å². The Morgan fingerprint density at radius 3 is 2.27 bits per heavy atom. The molecule has 0 fully saturated rings. The monoisotopic (exact) mass is 446 g/mol. The number of esters is 1. The molecular weight excluding hydrogens is 424 g/mol. The summed E-state index contributed by atoms with van der Waals surface area (Å²) in [5.41, 5.74) is 1.71. The van der Waals surface area contributed by atoms with E-state index in [2.05, 4.69) is 0 Å². The molecule has 1 heterocycles. The lowest BCUT2D eigenvalue weighted by Crippen LogP contribution is -2.10. The topological polar surface area (TPSA) is 84.2 Å². The molecule has 4 rings (SSSR count). The van der Waals surface area contributed by atoms with Crippen molar-refractivity contribution in [3.05, 3.63) is 82.2 Å². The first-order valence-electron chi connectivity index (χ1n) is 10.1. The quantitative estimate of drug-likeness (QED) is 0.234. The summed E-state index contributed by atoms with van der Waals surface area (Å²) in [5, 5.41) is 0.625. The zero-order valence-corrected chi connectivity index (χ0v) is 18.6. The van der Waals surface area contributed by atoms with Gasteiger partial charge in [0.2, 0.25) is 0 Å². The fourth-order valence-corrected chi connectivity index (χ4v) is 3.69. The van der Waals surface area contributed by atoms with E-state index in [1.807, 2.05) is 0 Å². The Kier molecular flexibility index (Phi) is 6.04. The number of carbonyl (C=O) groups is 1. The Morgan fingerprint density at radius 2 is 1.55 bits per heavy atom. The summed E-state index contributed by atoms with van der Waals surface area (Å²) in [4.78, 5) is 25.6. The lowest BCUT2D eigenvalue weighted by molar-refractivity contribution is 0.0731. The van der Waals surface area contributed by atoms with Crippen LogP contribution in [-0.2, 0) is 0 Å². The van der Waals surface area contributed by atoms with Gasteiger partial charge in [-0.1, -0.05) is 12.1 Å². The van der Waals surface area contributed by atoms with Crippen LogP contribution in [0.1, 0.15) is 15.9 Å². The van der Waals surface area contributed by atoms with Gasteiger partial charge < -0.3 is 23.4 Å². The van der Waals surface area contributed by atoms with Gasteiger partial charge in [0, 0.05) is 10.9 Å². The molecule has 0 atom stereocenters. The van der Waals surface area contributed by atoms with Gasteiger partial charge in [-0.15, -0.1) is 0 Å². The van der Waals surface area contributed by atoms with Crippen molar-refractivity contribution in [1.29, 1.82) is 0 Å². The van der Waals surface area contributed by atoms with Crippen LogP contribution in [0.3, 0.4) is 0 Å². The molecule has 0 amide bonds. The first-order valence-corrected chi connectivity index (χ1v) is 10.1. The highest BCUT2D eigenvalue weighted by atomic mass is 16.5. The van der Waals surface area contributed by atoms with Gasteiger partial charge in [0.1, 0.15) is 34.1 Å². The van der Waals surface area contributed by atoms with E-state index in [4.69, 9.17) is 23.4 Å². The average Bonchev–Trinajstić information content (AvgIpc) is 2.84. The Hall–Kier alpha value is -4.26. The van der Waals surface area contributed by atoms with Gasteiger partial charge in [0.25, 0.3) is 0 Å². The predicted molar refractivity (Wildman–Crippen MR) is 124 cm³/mol. The SMILES string of the molecule is COc1ccc(OC)c(-c2c(C)c3cc(OC(=O)c4ccccc4OC)ccc3oc2=O)c1. The number of hydrogen-bond acceptors (Lipinski definition) is 7. The fourth-order valence-electron chi connectivity index (χ4n) is 3.69. The minimum atomic E-state index is -0.559. The number of benzene rings is 3. The van der Waals surface area contributed by atoms with E-state index in [9.17, 15) is 9.59 Å². The van der Waals surface area contributed by atoms with E-state index in [0.717, 1.165) is 0 Å². The van der Waals surface area contributed by atoms with Gasteiger partial charge >= 0.3 is 11.6 Å². The van der Waals surface area contributed by atoms with Crippen LogP contribution in [0.15, 0.2) is 69.9 Å². The van der Waals surface area contributed by atoms with Crippen molar-refractivity contribution < 1.29 is 28.2 Å². The maximum atomic E-state index is 12.9. The third kappa shape index (κ3) is 4.13. The zero-order chi connectivity index (χ0) is 23.5. The van der Waals surface area contributed by atoms with E-state index in [1.54, 1.807) is 74.7 Å². The summed E-state index contributed by atoms with van der Waals surface area (Å²) in [6.45, 7) is 1.80. The molecule has 0 saturated heterocycles. The van der Waals surface area contributed by atoms with Crippen molar-refractivity contribution in [3.63, 3.8) is 0 Å². The number of fused-ring (bicyclic) bond motifs is 1. The molecule has 0 N–H and O–H groups in total. The second-order valence-electron chi connectivity index (χ2n) is 7.20. The molecule has 1 aromatic heterocycles. The molecule has 0 aliphatic carbocycles. The van der Waals surface area contributed by atoms with Crippen molar-refractivity contribution in [3.8, 4) is 34.1 Å². The molecule has 0 spiro atoms. The van der Waals surface area contributed by atoms with Crippen LogP contribution in [0.4, 0.5) is 0 Å². The molecule has 7 nitrogen and oxygen atoms in total. The summed E-state index contributed by atoms with van der Waals surface area (Å²) in [5.74, 6) is 1.24. The number of hydrogen-bond donors (Lipinski definition) is 0. The zero-order valence-electron chi connectivity index (χ0n) is 18.6. The van der Waals surface area contributed by atoms with Gasteiger partial charge in [0.15, 0.2) is 0 Å². The maximum absolute atomic E-state index is 12.9. The van der Waals surface area contributed by atoms with E-state index in [0.29, 0.717) is 56.2 Å². The molecule has 168 valence electrons. The van der Waals surface area contributed by atoms with E-state index in [1.165, 1.54) is 14.2 Å². The Bertz CT molecular complexity index is 1400. The van der Waals surface area contributed by atoms with Crippen molar-refractivity contribution >= 4 is 16.9 Å². The highest BCUT2D eigenvalue weighted by Gasteiger charge is 2.19. The van der Waals surface area contributed by atoms with Crippen molar-refractivity contribution in [2.75, 3.05) is 21.3 Å². The molecule has 3 aromatic carbocycles. The summed E-state index contributed by atoms with van der Waals surface area (Å²) in [7, 11) is 4.56. The van der Waals surface area contributed by atoms with Crippen LogP contribution >= 0.6 is 0 Å². The standard InChI is InChI=1S/C26H22O7/c1-15-19-14-17(32-25(27)18-7-5-6-8-21(18)30-3)10-12-23(19)33-26(28)24(15)20-13-16(29-2)9-11-22(20)31-4/h5-14H,1-4H3. The van der Waals surface area contributed by atoms with Gasteiger partial charge in [0.05, 0.1) is 26.9 Å². The second kappa shape index (κ2) is 9.08. The van der Waals surface area contributed by atoms with Crippen LogP contribution < -0.4 is 24.6 Å². The lowest BCUT2D eigenvalue weighted by atomic mass is 9.98. The molecule has 0 radical (unpaired) electrons. The Morgan fingerprint density at radius 1 is 0.818 bits per heavy atom. The van der Waals surface area contributed by atoms with Gasteiger partial charge in [-0.2, -0.15) is 0 Å². The molecule has 0 aliphatic rings. The second-order valence-corrected chi connectivity index (χ2v) is 7.20. The highest BCUT2D eigenvalue weighted by molar-refractivity contribution is 5.95. The van der Waals surface area contributed by atoms with Gasteiger partial charge in [-0.25, -0.2) is 9.59 Å². The number of aryl methyl sites for hydroxylation is 1. The summed E-state index contributed by atoms with van der Waals surface area (Å²) in [6.07, 6.45) is 0. The van der Waals surface area contributed by atoms with E-state index >= 15 is 0 Å². The first-order chi connectivity index (χ1) is 16.0. The Balaban J connectivity index is 1.81. The van der Waals surface area contributed by atoms with Crippen molar-refractivity contribution in [2.24, 2.45) is 0 Å². The Labute approximate surface area is 190 Å². The number of rotatable bonds is 6. The number of ether oxygens (including phenoxy) is 4. The molecule has 4 aromatic rings. The normalized spacial score (nSPS) is 10.7. The minimum absolute atomic E-state index is 0.304. The van der Waals surface area contributed by atoms with Crippen LogP contribution in [0.5, 0.6) is 23.0 Å². The van der Waals surface area contributed by atoms with Gasteiger partial charge in [-0.3, -0.25) is 0 Å². The molecular formula is C26H22O7. The lowest BCUT2D eigenvalue weighted by Gasteiger charge is -2.14. The van der Waals surface area contributed by atoms with Gasteiger partial charge in [-0.05, 0) is 61.0 Å². The van der Waals surface area contributed by atoms with Crippen LogP contribution in [0.2, 0.25) is 0 Å². The summed E-state index contributed by atoms with van der Waals surface area (Å²) in [6, 6.07) is 16.8. The smallest absolute Gasteiger partial charge is 0.347 e. The predicted octanol–water partition coefficient (Wildman–Crippen LogP) is 5.01. The minimum Gasteiger partial charge on any atom is -0.497 e. The first kappa shape index (κ1) is 22.0. The molecule has 0 saturated carbocycles. The number of carbonyl (C=O) groups excluding carboxylic acids is 1. The largest absolute Gasteiger partial charge is 0.497 e. The molecule has 0 unspecified atom stereocenters. The maximum Gasteiger partial charge on any atom is 0.347 e. The molecule has 33 heavy (non-hydrogen) atoms. The highest BCUT2D eigenvalue weighted by Crippen LogP contribution is 2.36. The summed E-state index contributed by atoms with van der Waals surface area (Å²) < 4.78 is 27.2. The molecule has 0 aliphatic heterocycles. The van der Waals surface area contributed by atoms with Crippen LogP contribution in [0.25, 0.3) is 22.1 Å². The average molecular weight is 446 g/mol. The van der Waals surface area contributed by atoms with Crippen molar-refractivity contribution in [1.82, 2.24) is 0 Å². The third-order valence-corrected chi connectivity index (χ3v) is 5.35. The molecule has 0 bridgehead atoms. The van der Waals surface area contributed by atoms with E-state index in [-0.39, 0.29) is 0 Å².